The molecule has 2 rings (SSSR count). The van der Waals surface area contributed by atoms with E-state index in [4.69, 9.17) is 9.47 Å². The summed E-state index contributed by atoms with van der Waals surface area (Å²) in [6.45, 7) is 5.84. The molecule has 2 aliphatic rings. The van der Waals surface area contributed by atoms with Gasteiger partial charge in [-0.05, 0) is 18.8 Å². The summed E-state index contributed by atoms with van der Waals surface area (Å²) in [6, 6.07) is 0. The highest BCUT2D eigenvalue weighted by molar-refractivity contribution is 4.92. The van der Waals surface area contributed by atoms with Crippen molar-refractivity contribution in [3.8, 4) is 0 Å². The van der Waals surface area contributed by atoms with E-state index in [1.807, 2.05) is 0 Å². The highest BCUT2D eigenvalue weighted by Crippen LogP contribution is 2.38. The van der Waals surface area contributed by atoms with Crippen molar-refractivity contribution >= 4 is 0 Å². The van der Waals surface area contributed by atoms with Gasteiger partial charge in [0.25, 0.3) is 0 Å². The van der Waals surface area contributed by atoms with Crippen LogP contribution in [0.5, 0.6) is 0 Å². The highest BCUT2D eigenvalue weighted by Gasteiger charge is 2.42. The van der Waals surface area contributed by atoms with Gasteiger partial charge in [0.1, 0.15) is 0 Å². The van der Waals surface area contributed by atoms with Crippen molar-refractivity contribution in [2.75, 3.05) is 13.2 Å². The third-order valence-electron chi connectivity index (χ3n) is 3.67. The Bertz CT molecular complexity index is 213. The van der Waals surface area contributed by atoms with Crippen molar-refractivity contribution < 1.29 is 14.6 Å². The van der Waals surface area contributed by atoms with Crippen LogP contribution in [-0.4, -0.2) is 36.1 Å². The van der Waals surface area contributed by atoms with Crippen LogP contribution in [0.25, 0.3) is 0 Å². The van der Waals surface area contributed by atoms with Gasteiger partial charge in [0.05, 0.1) is 17.8 Å². The third-order valence-corrected chi connectivity index (χ3v) is 3.67. The number of hydrogen-bond donors (Lipinski definition) is 1. The van der Waals surface area contributed by atoms with Crippen LogP contribution < -0.4 is 0 Å². The molecular formula is C12H22O3. The average molecular weight is 214 g/mol. The molecule has 3 unspecified atom stereocenters. The number of aliphatic hydroxyl groups excluding tert-OH is 1. The summed E-state index contributed by atoms with van der Waals surface area (Å²) in [5.74, 6) is 0.532. The molecule has 3 heteroatoms. The smallest absolute Gasteiger partial charge is 0.0753 e. The summed E-state index contributed by atoms with van der Waals surface area (Å²) in [6.07, 6.45) is 3.58. The monoisotopic (exact) mass is 214 g/mol. The fourth-order valence-electron chi connectivity index (χ4n) is 2.67. The molecule has 15 heavy (non-hydrogen) atoms. The lowest BCUT2D eigenvalue weighted by molar-refractivity contribution is -0.184. The van der Waals surface area contributed by atoms with Gasteiger partial charge in [-0.25, -0.2) is 0 Å². The number of aliphatic hydroxyl groups is 1. The highest BCUT2D eigenvalue weighted by atomic mass is 16.5. The van der Waals surface area contributed by atoms with Crippen LogP contribution in [0.4, 0.5) is 0 Å². The summed E-state index contributed by atoms with van der Waals surface area (Å²) in [4.78, 5) is 0. The Kier molecular flexibility index (Phi) is 3.33. The van der Waals surface area contributed by atoms with Gasteiger partial charge in [0.15, 0.2) is 0 Å². The first-order chi connectivity index (χ1) is 7.11. The molecule has 2 heterocycles. The average Bonchev–Trinajstić information content (AvgIpc) is 2.17. The van der Waals surface area contributed by atoms with E-state index in [1.54, 1.807) is 0 Å². The van der Waals surface area contributed by atoms with Crippen molar-refractivity contribution in [3.63, 3.8) is 0 Å². The first-order valence-corrected chi connectivity index (χ1v) is 6.05. The Morgan fingerprint density at radius 1 is 1.27 bits per heavy atom. The minimum atomic E-state index is -0.176. The SMILES string of the molecule is CC(C)C1CC2(CCO1)CC(O)CCO2. The maximum Gasteiger partial charge on any atom is 0.0753 e. The Balaban J connectivity index is 2.01. The lowest BCUT2D eigenvalue weighted by Gasteiger charge is -2.45. The summed E-state index contributed by atoms with van der Waals surface area (Å²) in [7, 11) is 0. The van der Waals surface area contributed by atoms with Gasteiger partial charge in [-0.3, -0.25) is 0 Å². The van der Waals surface area contributed by atoms with Crippen LogP contribution in [0, 0.1) is 5.92 Å². The van der Waals surface area contributed by atoms with E-state index in [0.29, 0.717) is 18.6 Å². The molecule has 2 aliphatic heterocycles. The molecule has 0 bridgehead atoms. The van der Waals surface area contributed by atoms with Gasteiger partial charge >= 0.3 is 0 Å². The van der Waals surface area contributed by atoms with Gasteiger partial charge in [0.2, 0.25) is 0 Å². The number of rotatable bonds is 1. The maximum absolute atomic E-state index is 9.73. The van der Waals surface area contributed by atoms with E-state index in [9.17, 15) is 5.11 Å². The first kappa shape index (κ1) is 11.4. The number of hydrogen-bond acceptors (Lipinski definition) is 3. The fourth-order valence-corrected chi connectivity index (χ4v) is 2.67. The second kappa shape index (κ2) is 4.40. The van der Waals surface area contributed by atoms with E-state index in [-0.39, 0.29) is 11.7 Å². The van der Waals surface area contributed by atoms with Crippen LogP contribution in [0.2, 0.25) is 0 Å². The third kappa shape index (κ3) is 2.52. The molecule has 88 valence electrons. The van der Waals surface area contributed by atoms with Crippen LogP contribution in [0.1, 0.15) is 39.5 Å². The van der Waals surface area contributed by atoms with Crippen LogP contribution >= 0.6 is 0 Å². The Labute approximate surface area is 91.8 Å². The second-order valence-electron chi connectivity index (χ2n) is 5.29. The molecule has 0 aromatic heterocycles. The summed E-state index contributed by atoms with van der Waals surface area (Å²) in [5.41, 5.74) is -0.0924. The molecule has 1 N–H and O–H groups in total. The fraction of sp³-hybridized carbons (Fsp3) is 1.00. The molecule has 0 aliphatic carbocycles. The molecule has 0 aromatic carbocycles. The molecule has 3 atom stereocenters. The zero-order chi connectivity index (χ0) is 10.9. The lowest BCUT2D eigenvalue weighted by Crippen LogP contribution is -2.49. The van der Waals surface area contributed by atoms with Crippen LogP contribution in [0.15, 0.2) is 0 Å². The zero-order valence-corrected chi connectivity index (χ0v) is 9.74. The molecule has 0 radical (unpaired) electrons. The van der Waals surface area contributed by atoms with Crippen molar-refractivity contribution in [2.45, 2.75) is 57.3 Å². The predicted molar refractivity (Wildman–Crippen MR) is 57.7 cm³/mol. The molecular weight excluding hydrogens is 192 g/mol. The van der Waals surface area contributed by atoms with E-state index in [2.05, 4.69) is 13.8 Å². The van der Waals surface area contributed by atoms with E-state index < -0.39 is 0 Å². The van der Waals surface area contributed by atoms with E-state index in [1.165, 1.54) is 0 Å². The van der Waals surface area contributed by atoms with Crippen LogP contribution in [-0.2, 0) is 9.47 Å². The molecule has 3 nitrogen and oxygen atoms in total. The summed E-state index contributed by atoms with van der Waals surface area (Å²) >= 11 is 0. The summed E-state index contributed by atoms with van der Waals surface area (Å²) in [5, 5.41) is 9.73. The molecule has 2 fully saturated rings. The van der Waals surface area contributed by atoms with Gasteiger partial charge in [0, 0.05) is 26.1 Å². The minimum Gasteiger partial charge on any atom is -0.393 e. The van der Waals surface area contributed by atoms with Gasteiger partial charge in [-0.2, -0.15) is 0 Å². The minimum absolute atomic E-state index is 0.0924. The second-order valence-corrected chi connectivity index (χ2v) is 5.29. The van der Waals surface area contributed by atoms with Crippen molar-refractivity contribution in [3.05, 3.63) is 0 Å². The molecule has 2 saturated heterocycles. The molecule has 0 aromatic rings. The standard InChI is InChI=1S/C12H22O3/c1-9(2)11-8-12(4-6-14-11)7-10(13)3-5-15-12/h9-11,13H,3-8H2,1-2H3. The molecule has 0 saturated carbocycles. The Morgan fingerprint density at radius 3 is 2.73 bits per heavy atom. The van der Waals surface area contributed by atoms with E-state index >= 15 is 0 Å². The Hall–Kier alpha value is -0.120. The molecule has 0 amide bonds. The Morgan fingerprint density at radius 2 is 2.07 bits per heavy atom. The topological polar surface area (TPSA) is 38.7 Å². The quantitative estimate of drug-likeness (QED) is 0.722. The van der Waals surface area contributed by atoms with Crippen molar-refractivity contribution in [1.29, 1.82) is 0 Å². The van der Waals surface area contributed by atoms with Gasteiger partial charge < -0.3 is 14.6 Å². The summed E-state index contributed by atoms with van der Waals surface area (Å²) < 4.78 is 11.7. The van der Waals surface area contributed by atoms with Gasteiger partial charge in [-0.1, -0.05) is 13.8 Å². The first-order valence-electron chi connectivity index (χ1n) is 6.05. The van der Waals surface area contributed by atoms with Gasteiger partial charge in [-0.15, -0.1) is 0 Å². The predicted octanol–water partition coefficient (Wildman–Crippen LogP) is 1.73. The number of ether oxygens (including phenoxy) is 2. The normalized spacial score (nSPS) is 42.4. The van der Waals surface area contributed by atoms with Crippen LogP contribution in [0.3, 0.4) is 0 Å². The zero-order valence-electron chi connectivity index (χ0n) is 9.74. The largest absolute Gasteiger partial charge is 0.393 e. The molecule has 1 spiro atoms. The van der Waals surface area contributed by atoms with Crippen molar-refractivity contribution in [2.24, 2.45) is 5.92 Å². The van der Waals surface area contributed by atoms with E-state index in [0.717, 1.165) is 32.3 Å². The lowest BCUT2D eigenvalue weighted by atomic mass is 9.80. The van der Waals surface area contributed by atoms with Crippen molar-refractivity contribution in [1.82, 2.24) is 0 Å². The maximum atomic E-state index is 9.73.